The average Bonchev–Trinajstić information content (AvgIpc) is 2.59. The van der Waals surface area contributed by atoms with E-state index in [1.54, 1.807) is 24.3 Å². The fourth-order valence-electron chi connectivity index (χ4n) is 2.05. The van der Waals surface area contributed by atoms with Crippen LogP contribution in [0.25, 0.3) is 6.08 Å². The van der Waals surface area contributed by atoms with Crippen molar-refractivity contribution in [1.29, 1.82) is 5.26 Å². The van der Waals surface area contributed by atoms with Gasteiger partial charge in [-0.2, -0.15) is 5.26 Å². The Morgan fingerprint density at radius 2 is 2.12 bits per heavy atom. The van der Waals surface area contributed by atoms with Crippen molar-refractivity contribution in [3.8, 4) is 17.6 Å². The molecule has 0 saturated heterocycles. The third kappa shape index (κ3) is 4.49. The fourth-order valence-corrected chi connectivity index (χ4v) is 2.33. The molecule has 0 heterocycles. The summed E-state index contributed by atoms with van der Waals surface area (Å²) < 4.78 is 24.5. The molecule has 0 spiro atoms. The molecule has 0 fully saturated rings. The van der Waals surface area contributed by atoms with Gasteiger partial charge in [-0.25, -0.2) is 4.39 Å². The zero-order valence-corrected chi connectivity index (χ0v) is 14.0. The van der Waals surface area contributed by atoms with Crippen LogP contribution in [0, 0.1) is 17.1 Å². The zero-order valence-electron chi connectivity index (χ0n) is 13.3. The van der Waals surface area contributed by atoms with Crippen molar-refractivity contribution < 1.29 is 18.7 Å². The van der Waals surface area contributed by atoms with Crippen molar-refractivity contribution in [2.75, 3.05) is 7.11 Å². The number of nitrogens with zero attached hydrogens (tertiary/aromatic N) is 1. The van der Waals surface area contributed by atoms with Crippen LogP contribution in [0.1, 0.15) is 11.1 Å². The highest BCUT2D eigenvalue weighted by Crippen LogP contribution is 2.37. The number of methoxy groups -OCH3 is 1. The Morgan fingerprint density at radius 3 is 2.72 bits per heavy atom. The summed E-state index contributed by atoms with van der Waals surface area (Å²) in [6, 6.07) is 10.9. The molecule has 0 aliphatic rings. The Hall–Kier alpha value is -3.04. The Kier molecular flexibility index (Phi) is 5.98. The first-order valence-electron chi connectivity index (χ1n) is 7.11. The molecule has 0 aliphatic heterocycles. The van der Waals surface area contributed by atoms with Crippen LogP contribution in [-0.4, -0.2) is 13.0 Å². The number of hydrogen-bond donors (Lipinski definition) is 1. The van der Waals surface area contributed by atoms with Crippen LogP contribution in [-0.2, 0) is 11.4 Å². The van der Waals surface area contributed by atoms with E-state index >= 15 is 0 Å². The SMILES string of the molecule is COc1cc(/C=C(\C#N)C(N)=O)cc(Cl)c1OCc1ccccc1F. The Balaban J connectivity index is 2.33. The number of benzene rings is 2. The van der Waals surface area contributed by atoms with E-state index < -0.39 is 11.7 Å². The summed E-state index contributed by atoms with van der Waals surface area (Å²) in [5, 5.41) is 9.08. The van der Waals surface area contributed by atoms with Gasteiger partial charge in [0.25, 0.3) is 5.91 Å². The van der Waals surface area contributed by atoms with Crippen molar-refractivity contribution in [3.63, 3.8) is 0 Å². The highest BCUT2D eigenvalue weighted by molar-refractivity contribution is 6.32. The van der Waals surface area contributed by atoms with Gasteiger partial charge in [-0.3, -0.25) is 4.79 Å². The lowest BCUT2D eigenvalue weighted by molar-refractivity contribution is -0.114. The van der Waals surface area contributed by atoms with Crippen LogP contribution < -0.4 is 15.2 Å². The largest absolute Gasteiger partial charge is 0.493 e. The van der Waals surface area contributed by atoms with Crippen molar-refractivity contribution in [3.05, 3.63) is 63.9 Å². The van der Waals surface area contributed by atoms with Crippen LogP contribution >= 0.6 is 11.6 Å². The highest BCUT2D eigenvalue weighted by Gasteiger charge is 2.14. The number of carbonyl (C=O) groups excluding carboxylic acids is 1. The number of amides is 1. The van der Waals surface area contributed by atoms with Gasteiger partial charge < -0.3 is 15.2 Å². The molecule has 2 N–H and O–H groups in total. The summed E-state index contributed by atoms with van der Waals surface area (Å²) in [7, 11) is 1.41. The Labute approximate surface area is 149 Å². The molecule has 0 aliphatic carbocycles. The number of primary amides is 1. The van der Waals surface area contributed by atoms with Crippen molar-refractivity contribution in [2.24, 2.45) is 5.73 Å². The summed E-state index contributed by atoms with van der Waals surface area (Å²) in [5.74, 6) is -0.742. The number of nitriles is 1. The molecule has 2 aromatic rings. The van der Waals surface area contributed by atoms with Crippen LogP contribution in [0.15, 0.2) is 42.0 Å². The highest BCUT2D eigenvalue weighted by atomic mass is 35.5. The first-order valence-corrected chi connectivity index (χ1v) is 7.49. The minimum Gasteiger partial charge on any atom is -0.493 e. The van der Waals surface area contributed by atoms with Gasteiger partial charge in [0.05, 0.1) is 12.1 Å². The summed E-state index contributed by atoms with van der Waals surface area (Å²) in [4.78, 5) is 11.1. The van der Waals surface area contributed by atoms with Crippen LogP contribution in [0.5, 0.6) is 11.5 Å². The molecular formula is C18H14ClFN2O3. The Morgan fingerprint density at radius 1 is 1.40 bits per heavy atom. The lowest BCUT2D eigenvalue weighted by atomic mass is 10.1. The second kappa shape index (κ2) is 8.18. The fraction of sp³-hybridized carbons (Fsp3) is 0.111. The van der Waals surface area contributed by atoms with Gasteiger partial charge in [0.2, 0.25) is 0 Å². The minimum absolute atomic E-state index is 0.0390. The van der Waals surface area contributed by atoms with E-state index in [1.165, 1.54) is 31.4 Å². The van der Waals surface area contributed by atoms with Crippen molar-refractivity contribution >= 4 is 23.6 Å². The van der Waals surface area contributed by atoms with Gasteiger partial charge in [0.1, 0.15) is 24.1 Å². The van der Waals surface area contributed by atoms with Crippen molar-refractivity contribution in [1.82, 2.24) is 0 Å². The molecule has 1 amide bonds. The van der Waals surface area contributed by atoms with Gasteiger partial charge in [-0.05, 0) is 29.8 Å². The molecule has 25 heavy (non-hydrogen) atoms. The van der Waals surface area contributed by atoms with E-state index in [2.05, 4.69) is 0 Å². The molecule has 0 saturated carbocycles. The molecule has 0 bridgehead atoms. The van der Waals surface area contributed by atoms with E-state index in [-0.39, 0.29) is 28.7 Å². The van der Waals surface area contributed by atoms with E-state index in [0.717, 1.165) is 0 Å². The average molecular weight is 361 g/mol. The van der Waals surface area contributed by atoms with Gasteiger partial charge in [0, 0.05) is 5.56 Å². The van der Waals surface area contributed by atoms with Gasteiger partial charge >= 0.3 is 0 Å². The molecule has 0 unspecified atom stereocenters. The number of carbonyl (C=O) groups is 1. The van der Waals surface area contributed by atoms with Crippen molar-refractivity contribution in [2.45, 2.75) is 6.61 Å². The topological polar surface area (TPSA) is 85.3 Å². The van der Waals surface area contributed by atoms with Gasteiger partial charge in [0.15, 0.2) is 11.5 Å². The van der Waals surface area contributed by atoms with Crippen LogP contribution in [0.3, 0.4) is 0 Å². The third-order valence-corrected chi connectivity index (χ3v) is 3.56. The quantitative estimate of drug-likeness (QED) is 0.631. The summed E-state index contributed by atoms with van der Waals surface area (Å²) in [5.41, 5.74) is 5.69. The number of rotatable bonds is 6. The maximum absolute atomic E-state index is 13.7. The lowest BCUT2D eigenvalue weighted by Crippen LogP contribution is -2.12. The standard InChI is InChI=1S/C18H14ClFN2O3/c1-24-16-8-11(6-13(9-21)18(22)23)7-14(19)17(16)25-10-12-4-2-3-5-15(12)20/h2-8H,10H2,1H3,(H2,22,23)/b13-6+. The first kappa shape index (κ1) is 18.3. The van der Waals surface area contributed by atoms with E-state index in [1.807, 2.05) is 0 Å². The number of halogens is 2. The smallest absolute Gasteiger partial charge is 0.259 e. The van der Waals surface area contributed by atoms with E-state index in [9.17, 15) is 9.18 Å². The molecule has 7 heteroatoms. The Bertz CT molecular complexity index is 875. The molecular weight excluding hydrogens is 347 g/mol. The number of nitrogens with two attached hydrogens (primary N) is 1. The maximum Gasteiger partial charge on any atom is 0.259 e. The third-order valence-electron chi connectivity index (χ3n) is 3.28. The molecule has 0 radical (unpaired) electrons. The molecule has 0 atom stereocenters. The van der Waals surface area contributed by atoms with Gasteiger partial charge in [-0.1, -0.05) is 29.8 Å². The molecule has 2 aromatic carbocycles. The molecule has 2 rings (SSSR count). The second-order valence-corrected chi connectivity index (χ2v) is 5.36. The summed E-state index contributed by atoms with van der Waals surface area (Å²) in [6.45, 7) is -0.0390. The minimum atomic E-state index is -0.850. The molecule has 128 valence electrons. The van der Waals surface area contributed by atoms with Gasteiger partial charge in [-0.15, -0.1) is 0 Å². The van der Waals surface area contributed by atoms with Crippen LogP contribution in [0.4, 0.5) is 4.39 Å². The predicted molar refractivity (Wildman–Crippen MR) is 91.5 cm³/mol. The predicted octanol–water partition coefficient (Wildman–Crippen LogP) is 3.46. The van der Waals surface area contributed by atoms with E-state index in [4.69, 9.17) is 32.1 Å². The number of ether oxygens (including phenoxy) is 2. The maximum atomic E-state index is 13.7. The summed E-state index contributed by atoms with van der Waals surface area (Å²) >= 11 is 6.20. The molecule has 0 aromatic heterocycles. The second-order valence-electron chi connectivity index (χ2n) is 4.95. The zero-order chi connectivity index (χ0) is 18.4. The number of hydrogen-bond acceptors (Lipinski definition) is 4. The molecule has 5 nitrogen and oxygen atoms in total. The van der Waals surface area contributed by atoms with E-state index in [0.29, 0.717) is 11.1 Å². The normalized spacial score (nSPS) is 10.9. The lowest BCUT2D eigenvalue weighted by Gasteiger charge is -2.14. The monoisotopic (exact) mass is 360 g/mol. The first-order chi connectivity index (χ1) is 12.0. The van der Waals surface area contributed by atoms with Crippen LogP contribution in [0.2, 0.25) is 5.02 Å². The summed E-state index contributed by atoms with van der Waals surface area (Å²) in [6.07, 6.45) is 1.29.